The maximum atomic E-state index is 10.6. The van der Waals surface area contributed by atoms with Gasteiger partial charge in [-0.05, 0) is 12.3 Å². The molecule has 0 bridgehead atoms. The Balaban J connectivity index is 2.93. The van der Waals surface area contributed by atoms with Crippen molar-refractivity contribution in [2.45, 2.75) is 32.3 Å². The molecule has 1 unspecified atom stereocenters. The minimum absolute atomic E-state index is 0.0306. The van der Waals surface area contributed by atoms with Crippen molar-refractivity contribution in [3.8, 4) is 11.8 Å². The summed E-state index contributed by atoms with van der Waals surface area (Å²) in [6.07, 6.45) is 6.15. The molecule has 0 aromatic carbocycles. The fraction of sp³-hybridized carbons (Fsp3) is 0.538. The van der Waals surface area contributed by atoms with Crippen LogP contribution in [0.25, 0.3) is 0 Å². The van der Waals surface area contributed by atoms with E-state index < -0.39 is 5.60 Å². The van der Waals surface area contributed by atoms with Crippen LogP contribution in [0, 0.1) is 17.8 Å². The Morgan fingerprint density at radius 3 is 2.59 bits per heavy atom. The van der Waals surface area contributed by atoms with Gasteiger partial charge in [-0.3, -0.25) is 0 Å². The quantitative estimate of drug-likeness (QED) is 0.508. The zero-order valence-corrected chi connectivity index (χ0v) is 10.9. The van der Waals surface area contributed by atoms with Crippen molar-refractivity contribution < 1.29 is 5.11 Å². The van der Waals surface area contributed by atoms with Gasteiger partial charge in [0.15, 0.2) is 5.60 Å². The Kier molecular flexibility index (Phi) is 5.40. The third-order valence-corrected chi connectivity index (χ3v) is 2.82. The molecule has 1 heterocycles. The standard InChI is InChI=1S/C13H17ClN2O/c1-11(2)13(17,6-4-3-5-7-14)12-8-15-10-16-9-12/h8-11,17H,3,5,7H2,1-2H3. The topological polar surface area (TPSA) is 46.0 Å². The van der Waals surface area contributed by atoms with Gasteiger partial charge in [0.1, 0.15) is 6.33 Å². The molecular weight excluding hydrogens is 236 g/mol. The molecule has 0 aliphatic rings. The van der Waals surface area contributed by atoms with Gasteiger partial charge < -0.3 is 5.11 Å². The molecule has 3 nitrogen and oxygen atoms in total. The van der Waals surface area contributed by atoms with Crippen LogP contribution < -0.4 is 0 Å². The fourth-order valence-electron chi connectivity index (χ4n) is 1.40. The molecule has 0 saturated carbocycles. The maximum absolute atomic E-state index is 10.6. The second kappa shape index (κ2) is 6.58. The van der Waals surface area contributed by atoms with Crippen molar-refractivity contribution in [1.29, 1.82) is 0 Å². The van der Waals surface area contributed by atoms with E-state index in [2.05, 4.69) is 21.8 Å². The molecule has 0 aliphatic carbocycles. The van der Waals surface area contributed by atoms with Crippen LogP contribution in [0.15, 0.2) is 18.7 Å². The smallest absolute Gasteiger partial charge is 0.156 e. The summed E-state index contributed by atoms with van der Waals surface area (Å²) in [7, 11) is 0. The number of alkyl halides is 1. The van der Waals surface area contributed by atoms with Crippen molar-refractivity contribution in [2.24, 2.45) is 5.92 Å². The number of unbranched alkanes of at least 4 members (excludes halogenated alkanes) is 1. The first-order valence-corrected chi connectivity index (χ1v) is 6.18. The third-order valence-electron chi connectivity index (χ3n) is 2.55. The number of nitrogens with zero attached hydrogens (tertiary/aromatic N) is 2. The van der Waals surface area contributed by atoms with Crippen LogP contribution in [-0.4, -0.2) is 21.0 Å². The van der Waals surface area contributed by atoms with E-state index >= 15 is 0 Å². The van der Waals surface area contributed by atoms with E-state index in [1.807, 2.05) is 13.8 Å². The monoisotopic (exact) mass is 252 g/mol. The zero-order chi connectivity index (χ0) is 12.7. The average molecular weight is 253 g/mol. The first kappa shape index (κ1) is 14.0. The molecule has 1 rings (SSSR count). The van der Waals surface area contributed by atoms with Crippen LogP contribution in [0.1, 0.15) is 32.3 Å². The van der Waals surface area contributed by atoms with Gasteiger partial charge in [0.25, 0.3) is 0 Å². The van der Waals surface area contributed by atoms with Crippen LogP contribution in [0.4, 0.5) is 0 Å². The van der Waals surface area contributed by atoms with E-state index in [4.69, 9.17) is 11.6 Å². The van der Waals surface area contributed by atoms with Gasteiger partial charge in [-0.1, -0.05) is 25.7 Å². The normalized spacial score (nSPS) is 13.9. The highest BCUT2D eigenvalue weighted by Crippen LogP contribution is 2.27. The molecule has 0 saturated heterocycles. The van der Waals surface area contributed by atoms with Gasteiger partial charge in [-0.2, -0.15) is 0 Å². The van der Waals surface area contributed by atoms with Crippen LogP contribution >= 0.6 is 11.6 Å². The van der Waals surface area contributed by atoms with Crippen molar-refractivity contribution in [1.82, 2.24) is 9.97 Å². The van der Waals surface area contributed by atoms with Crippen LogP contribution in [0.3, 0.4) is 0 Å². The Bertz CT molecular complexity index is 397. The predicted molar refractivity (Wildman–Crippen MR) is 68.5 cm³/mol. The van der Waals surface area contributed by atoms with E-state index in [0.717, 1.165) is 6.42 Å². The van der Waals surface area contributed by atoms with Crippen molar-refractivity contribution >= 4 is 11.6 Å². The van der Waals surface area contributed by atoms with Gasteiger partial charge >= 0.3 is 0 Å². The highest BCUT2D eigenvalue weighted by Gasteiger charge is 2.31. The molecule has 1 N–H and O–H groups in total. The Hall–Kier alpha value is -1.11. The Morgan fingerprint density at radius 1 is 1.41 bits per heavy atom. The largest absolute Gasteiger partial charge is 0.373 e. The molecule has 92 valence electrons. The fourth-order valence-corrected chi connectivity index (χ4v) is 1.53. The lowest BCUT2D eigenvalue weighted by molar-refractivity contribution is 0.0495. The van der Waals surface area contributed by atoms with E-state index in [9.17, 15) is 5.11 Å². The second-order valence-corrected chi connectivity index (χ2v) is 4.52. The SMILES string of the molecule is CC(C)C(O)(C#CCCCCl)c1cncnc1. The van der Waals surface area contributed by atoms with Gasteiger partial charge in [0.05, 0.1) is 0 Å². The molecule has 4 heteroatoms. The van der Waals surface area contributed by atoms with E-state index in [0.29, 0.717) is 17.9 Å². The number of rotatable bonds is 4. The summed E-state index contributed by atoms with van der Waals surface area (Å²) in [5.41, 5.74) is -0.554. The summed E-state index contributed by atoms with van der Waals surface area (Å²) in [4.78, 5) is 7.84. The molecule has 0 aliphatic heterocycles. The summed E-state index contributed by atoms with van der Waals surface area (Å²) < 4.78 is 0. The Morgan fingerprint density at radius 2 is 2.06 bits per heavy atom. The van der Waals surface area contributed by atoms with Crippen molar-refractivity contribution in [3.05, 3.63) is 24.3 Å². The van der Waals surface area contributed by atoms with Crippen molar-refractivity contribution in [2.75, 3.05) is 5.88 Å². The minimum Gasteiger partial charge on any atom is -0.373 e. The summed E-state index contributed by atoms with van der Waals surface area (Å²) in [6.45, 7) is 3.84. The molecule has 17 heavy (non-hydrogen) atoms. The minimum atomic E-state index is -1.19. The molecule has 0 fully saturated rings. The van der Waals surface area contributed by atoms with Gasteiger partial charge in [-0.25, -0.2) is 9.97 Å². The third kappa shape index (κ3) is 3.69. The molecule has 0 radical (unpaired) electrons. The van der Waals surface area contributed by atoms with Crippen LogP contribution in [0.2, 0.25) is 0 Å². The molecule has 1 aromatic rings. The molecule has 0 amide bonds. The lowest BCUT2D eigenvalue weighted by Gasteiger charge is -2.26. The number of hydrogen-bond donors (Lipinski definition) is 1. The summed E-state index contributed by atoms with van der Waals surface area (Å²) in [5.74, 6) is 6.44. The van der Waals surface area contributed by atoms with Crippen LogP contribution in [-0.2, 0) is 5.60 Å². The first-order chi connectivity index (χ1) is 8.11. The second-order valence-electron chi connectivity index (χ2n) is 4.14. The van der Waals surface area contributed by atoms with Gasteiger partial charge in [0, 0.05) is 30.3 Å². The van der Waals surface area contributed by atoms with E-state index in [-0.39, 0.29) is 5.92 Å². The summed E-state index contributed by atoms with van der Waals surface area (Å²) >= 11 is 5.58. The van der Waals surface area contributed by atoms with E-state index in [1.54, 1.807) is 12.4 Å². The van der Waals surface area contributed by atoms with Crippen LogP contribution in [0.5, 0.6) is 0 Å². The predicted octanol–water partition coefficient (Wildman–Crippen LogP) is 2.34. The Labute approximate surface area is 107 Å². The zero-order valence-electron chi connectivity index (χ0n) is 10.2. The lowest BCUT2D eigenvalue weighted by Crippen LogP contribution is -2.30. The average Bonchev–Trinajstić information content (AvgIpc) is 2.35. The molecule has 1 aromatic heterocycles. The lowest BCUT2D eigenvalue weighted by atomic mass is 9.85. The maximum Gasteiger partial charge on any atom is 0.156 e. The number of aromatic nitrogens is 2. The highest BCUT2D eigenvalue weighted by atomic mass is 35.5. The van der Waals surface area contributed by atoms with E-state index in [1.165, 1.54) is 6.33 Å². The van der Waals surface area contributed by atoms with Gasteiger partial charge in [-0.15, -0.1) is 11.6 Å². The van der Waals surface area contributed by atoms with Crippen molar-refractivity contribution in [3.63, 3.8) is 0 Å². The number of hydrogen-bond acceptors (Lipinski definition) is 3. The molecular formula is C13H17ClN2O. The molecule has 0 spiro atoms. The number of aliphatic hydroxyl groups is 1. The first-order valence-electron chi connectivity index (χ1n) is 5.65. The summed E-state index contributed by atoms with van der Waals surface area (Å²) in [5, 5.41) is 10.6. The summed E-state index contributed by atoms with van der Waals surface area (Å²) in [6, 6.07) is 0. The molecule has 1 atom stereocenters. The highest BCUT2D eigenvalue weighted by molar-refractivity contribution is 6.17. The number of halogens is 1. The van der Waals surface area contributed by atoms with Gasteiger partial charge in [0.2, 0.25) is 0 Å².